The Morgan fingerprint density at radius 2 is 1.95 bits per heavy atom. The Labute approximate surface area is 124 Å². The average molecular weight is 287 g/mol. The lowest BCUT2D eigenvalue weighted by Gasteiger charge is -2.29. The van der Waals surface area contributed by atoms with Crippen LogP contribution in [0.5, 0.6) is 0 Å². The zero-order valence-electron chi connectivity index (χ0n) is 11.9. The first kappa shape index (κ1) is 13.8. The first-order valence-corrected chi connectivity index (χ1v) is 8.23. The van der Waals surface area contributed by atoms with Crippen molar-refractivity contribution in [2.24, 2.45) is 5.41 Å². The van der Waals surface area contributed by atoms with Gasteiger partial charge in [-0.3, -0.25) is 0 Å². The van der Waals surface area contributed by atoms with Gasteiger partial charge in [0.1, 0.15) is 0 Å². The van der Waals surface area contributed by atoms with Crippen LogP contribution >= 0.6 is 11.3 Å². The molecule has 1 unspecified atom stereocenters. The van der Waals surface area contributed by atoms with Crippen LogP contribution in [0, 0.1) is 5.41 Å². The van der Waals surface area contributed by atoms with E-state index in [1.165, 1.54) is 12.8 Å². The van der Waals surface area contributed by atoms with Crippen LogP contribution in [0.15, 0.2) is 35.7 Å². The number of aromatic nitrogens is 1. The molecular weight excluding hydrogens is 266 g/mol. The van der Waals surface area contributed by atoms with Gasteiger partial charge in [0.05, 0.1) is 16.8 Å². The second-order valence-electron chi connectivity index (χ2n) is 6.07. The van der Waals surface area contributed by atoms with Crippen LogP contribution in [0.1, 0.15) is 37.6 Å². The molecule has 0 aliphatic heterocycles. The minimum atomic E-state index is -0.264. The Balaban J connectivity index is 1.71. The summed E-state index contributed by atoms with van der Waals surface area (Å²) in [4.78, 5) is 4.68. The summed E-state index contributed by atoms with van der Waals surface area (Å²) in [6, 6.07) is 10.2. The quantitative estimate of drug-likeness (QED) is 0.909. The van der Waals surface area contributed by atoms with E-state index >= 15 is 0 Å². The van der Waals surface area contributed by atoms with Crippen LogP contribution in [0.25, 0.3) is 11.3 Å². The molecule has 3 rings (SSSR count). The molecule has 0 amide bonds. The maximum Gasteiger partial charge on any atom is 0.0958 e. The molecule has 0 saturated heterocycles. The van der Waals surface area contributed by atoms with Gasteiger partial charge in [0, 0.05) is 17.4 Å². The zero-order valence-corrected chi connectivity index (χ0v) is 12.7. The average Bonchev–Trinajstić information content (AvgIpc) is 3.10. The molecule has 106 valence electrons. The first-order chi connectivity index (χ1) is 9.67. The molecule has 1 aliphatic carbocycles. The molecule has 1 aromatic carbocycles. The van der Waals surface area contributed by atoms with Gasteiger partial charge < -0.3 is 5.11 Å². The smallest absolute Gasteiger partial charge is 0.0958 e. The van der Waals surface area contributed by atoms with Crippen molar-refractivity contribution in [2.75, 3.05) is 0 Å². The van der Waals surface area contributed by atoms with Crippen molar-refractivity contribution < 1.29 is 5.11 Å². The summed E-state index contributed by atoms with van der Waals surface area (Å²) in [7, 11) is 0. The van der Waals surface area contributed by atoms with Crippen molar-refractivity contribution in [3.63, 3.8) is 0 Å². The molecule has 20 heavy (non-hydrogen) atoms. The molecule has 1 aliphatic rings. The predicted octanol–water partition coefficient (Wildman–Crippen LogP) is 4.29. The van der Waals surface area contributed by atoms with Crippen LogP contribution in [0.2, 0.25) is 0 Å². The summed E-state index contributed by atoms with van der Waals surface area (Å²) in [5.74, 6) is 0. The fraction of sp³-hybridized carbons (Fsp3) is 0.471. The summed E-state index contributed by atoms with van der Waals surface area (Å²) in [5, 5.41) is 13.6. The van der Waals surface area contributed by atoms with Gasteiger partial charge in [0.15, 0.2) is 0 Å². The van der Waals surface area contributed by atoms with Gasteiger partial charge in [-0.1, -0.05) is 50.1 Å². The summed E-state index contributed by atoms with van der Waals surface area (Å²) in [5.41, 5.74) is 2.27. The van der Waals surface area contributed by atoms with E-state index < -0.39 is 0 Å². The van der Waals surface area contributed by atoms with Gasteiger partial charge in [0.25, 0.3) is 0 Å². The number of hydrogen-bond acceptors (Lipinski definition) is 3. The number of thiazole rings is 1. The lowest BCUT2D eigenvalue weighted by molar-refractivity contribution is 0.0423. The Hall–Kier alpha value is -1.19. The standard InChI is InChI=1S/C17H21NOS/c1-17(9-5-6-10-17)15(19)11-16-18-14(12-20-16)13-7-3-2-4-8-13/h2-4,7-8,12,15,19H,5-6,9-11H2,1H3. The highest BCUT2D eigenvalue weighted by Gasteiger charge is 2.36. The van der Waals surface area contributed by atoms with Gasteiger partial charge >= 0.3 is 0 Å². The monoisotopic (exact) mass is 287 g/mol. The molecule has 0 spiro atoms. The topological polar surface area (TPSA) is 33.1 Å². The number of aliphatic hydroxyl groups excluding tert-OH is 1. The molecule has 0 radical (unpaired) electrons. The lowest BCUT2D eigenvalue weighted by atomic mass is 9.81. The fourth-order valence-corrected chi connectivity index (χ4v) is 3.92. The molecule has 1 saturated carbocycles. The van der Waals surface area contributed by atoms with E-state index in [0.29, 0.717) is 6.42 Å². The van der Waals surface area contributed by atoms with Crippen molar-refractivity contribution in [3.05, 3.63) is 40.7 Å². The number of aliphatic hydroxyl groups is 1. The second kappa shape index (κ2) is 5.66. The molecule has 1 heterocycles. The Morgan fingerprint density at radius 1 is 1.25 bits per heavy atom. The van der Waals surface area contributed by atoms with Gasteiger partial charge in [0.2, 0.25) is 0 Å². The van der Waals surface area contributed by atoms with Crippen LogP contribution < -0.4 is 0 Å². The fourth-order valence-electron chi connectivity index (χ4n) is 3.07. The molecule has 2 aromatic rings. The normalized spacial score (nSPS) is 19.1. The van der Waals surface area contributed by atoms with E-state index in [9.17, 15) is 5.11 Å². The minimum absolute atomic E-state index is 0.0958. The number of rotatable bonds is 4. The summed E-state index contributed by atoms with van der Waals surface area (Å²) in [6.07, 6.45) is 5.21. The highest BCUT2D eigenvalue weighted by Crippen LogP contribution is 2.41. The zero-order chi connectivity index (χ0) is 14.0. The van der Waals surface area contributed by atoms with Gasteiger partial charge in [-0.05, 0) is 18.3 Å². The van der Waals surface area contributed by atoms with Crippen molar-refractivity contribution in [2.45, 2.75) is 45.1 Å². The highest BCUT2D eigenvalue weighted by atomic mass is 32.1. The van der Waals surface area contributed by atoms with Crippen LogP contribution in [0.4, 0.5) is 0 Å². The molecule has 3 heteroatoms. The van der Waals surface area contributed by atoms with E-state index in [-0.39, 0.29) is 11.5 Å². The van der Waals surface area contributed by atoms with Crippen LogP contribution in [0.3, 0.4) is 0 Å². The Kier molecular flexibility index (Phi) is 3.90. The third-order valence-electron chi connectivity index (χ3n) is 4.54. The molecular formula is C17H21NOS. The van der Waals surface area contributed by atoms with E-state index in [1.54, 1.807) is 11.3 Å². The first-order valence-electron chi connectivity index (χ1n) is 7.35. The highest BCUT2D eigenvalue weighted by molar-refractivity contribution is 7.09. The summed E-state index contributed by atoms with van der Waals surface area (Å²) in [6.45, 7) is 2.22. The summed E-state index contributed by atoms with van der Waals surface area (Å²) < 4.78 is 0. The minimum Gasteiger partial charge on any atom is -0.392 e. The van der Waals surface area contributed by atoms with Crippen molar-refractivity contribution in [1.29, 1.82) is 0 Å². The number of hydrogen-bond donors (Lipinski definition) is 1. The van der Waals surface area contributed by atoms with Crippen molar-refractivity contribution in [3.8, 4) is 11.3 Å². The third kappa shape index (κ3) is 2.79. The SMILES string of the molecule is CC1(C(O)Cc2nc(-c3ccccc3)cs2)CCCC1. The van der Waals surface area contributed by atoms with E-state index in [2.05, 4.69) is 29.4 Å². The lowest BCUT2D eigenvalue weighted by Crippen LogP contribution is -2.31. The van der Waals surface area contributed by atoms with Crippen molar-refractivity contribution in [1.82, 2.24) is 4.98 Å². The Bertz CT molecular complexity index is 557. The molecule has 0 bridgehead atoms. The predicted molar refractivity (Wildman–Crippen MR) is 83.8 cm³/mol. The second-order valence-corrected chi connectivity index (χ2v) is 7.02. The van der Waals surface area contributed by atoms with E-state index in [0.717, 1.165) is 29.1 Å². The number of benzene rings is 1. The van der Waals surface area contributed by atoms with Crippen LogP contribution in [-0.2, 0) is 6.42 Å². The van der Waals surface area contributed by atoms with Crippen LogP contribution in [-0.4, -0.2) is 16.2 Å². The largest absolute Gasteiger partial charge is 0.392 e. The Morgan fingerprint density at radius 3 is 2.65 bits per heavy atom. The van der Waals surface area contributed by atoms with Crippen molar-refractivity contribution >= 4 is 11.3 Å². The molecule has 1 atom stereocenters. The van der Waals surface area contributed by atoms with E-state index in [4.69, 9.17) is 0 Å². The van der Waals surface area contributed by atoms with Gasteiger partial charge in [-0.25, -0.2) is 4.98 Å². The van der Waals surface area contributed by atoms with E-state index in [1.807, 2.05) is 18.2 Å². The van der Waals surface area contributed by atoms with Gasteiger partial charge in [-0.15, -0.1) is 11.3 Å². The molecule has 1 N–H and O–H groups in total. The molecule has 1 fully saturated rings. The molecule has 2 nitrogen and oxygen atoms in total. The summed E-state index contributed by atoms with van der Waals surface area (Å²) >= 11 is 1.66. The maximum atomic E-state index is 10.5. The third-order valence-corrected chi connectivity index (χ3v) is 5.41. The molecule has 1 aromatic heterocycles. The van der Waals surface area contributed by atoms with Gasteiger partial charge in [-0.2, -0.15) is 0 Å². The maximum absolute atomic E-state index is 10.5. The number of nitrogens with zero attached hydrogens (tertiary/aromatic N) is 1.